The van der Waals surface area contributed by atoms with Gasteiger partial charge in [0.05, 0.1) is 39.2 Å². The smallest absolute Gasteiger partial charge is 0.160 e. The summed E-state index contributed by atoms with van der Waals surface area (Å²) in [5.41, 5.74) is 21.3. The third-order valence-electron chi connectivity index (χ3n) is 14.4. The number of hydrogen-bond donors (Lipinski definition) is 0. The maximum absolute atomic E-state index is 5.34. The molecular formula is C66H43N5. The van der Waals surface area contributed by atoms with Crippen molar-refractivity contribution in [2.45, 2.75) is 5.41 Å². The van der Waals surface area contributed by atoms with E-state index in [4.69, 9.17) is 15.0 Å². The summed E-state index contributed by atoms with van der Waals surface area (Å²) in [7, 11) is 0. The minimum atomic E-state index is -0.699. The van der Waals surface area contributed by atoms with Crippen LogP contribution in [0.25, 0.3) is 84.3 Å². The van der Waals surface area contributed by atoms with Gasteiger partial charge in [0.15, 0.2) is 5.82 Å². The van der Waals surface area contributed by atoms with E-state index in [1.54, 1.807) is 0 Å². The van der Waals surface area contributed by atoms with Crippen LogP contribution in [0.2, 0.25) is 0 Å². The van der Waals surface area contributed by atoms with Crippen LogP contribution in [0.15, 0.2) is 261 Å². The van der Waals surface area contributed by atoms with E-state index in [1.165, 1.54) is 33.4 Å². The van der Waals surface area contributed by atoms with Crippen molar-refractivity contribution in [1.82, 2.24) is 19.5 Å². The Bertz CT molecular complexity index is 3870. The highest BCUT2D eigenvalue weighted by atomic mass is 15.2. The Balaban J connectivity index is 0.977. The molecule has 5 heteroatoms. The summed E-state index contributed by atoms with van der Waals surface area (Å²) in [5.74, 6) is 1.60. The molecule has 5 nitrogen and oxygen atoms in total. The topological polar surface area (TPSA) is 46.8 Å². The van der Waals surface area contributed by atoms with Crippen LogP contribution in [-0.2, 0) is 5.41 Å². The SMILES string of the molecule is c1ccc(-c2cc(-c3ccccc3)nc(-c3ccc4c(c3)C3(c5cc(-c6ccc(-c7nc8ccccc8n7-c7ccccc7)cc6)ccc5-4)c4ccccc4N(c4ccccc4)c4ccccc43)n2)cc1. The third kappa shape index (κ3) is 6.44. The predicted molar refractivity (Wildman–Crippen MR) is 289 cm³/mol. The quantitative estimate of drug-likeness (QED) is 0.160. The van der Waals surface area contributed by atoms with E-state index in [9.17, 15) is 0 Å². The van der Waals surface area contributed by atoms with Crippen molar-refractivity contribution in [3.63, 3.8) is 0 Å². The fourth-order valence-corrected chi connectivity index (χ4v) is 11.3. The van der Waals surface area contributed by atoms with E-state index in [0.29, 0.717) is 5.82 Å². The molecule has 3 heterocycles. The maximum atomic E-state index is 5.34. The number of hydrogen-bond acceptors (Lipinski definition) is 4. The summed E-state index contributed by atoms with van der Waals surface area (Å²) >= 11 is 0. The predicted octanol–water partition coefficient (Wildman–Crippen LogP) is 16.3. The van der Waals surface area contributed by atoms with Gasteiger partial charge in [-0.3, -0.25) is 4.57 Å². The minimum absolute atomic E-state index is 0.684. The molecule has 10 aromatic carbocycles. The number of fused-ring (bicyclic) bond motifs is 10. The van der Waals surface area contributed by atoms with Crippen LogP contribution in [0, 0.1) is 0 Å². The summed E-state index contributed by atoms with van der Waals surface area (Å²) in [6.45, 7) is 0. The Morgan fingerprint density at radius 3 is 1.38 bits per heavy atom. The van der Waals surface area contributed by atoms with Crippen LogP contribution in [0.4, 0.5) is 17.1 Å². The standard InChI is InChI=1S/C66H43N5/c1-5-19-45(20-6-1)59-43-60(46-21-7-2-8-22-46)68-64(67-59)49-38-40-53-52-39-37-48(44-33-35-47(36-34-44)65-69-58-29-15-18-32-63(58)71(65)51-25-11-4-12-26-51)41-56(52)66(57(53)42-49)54-27-13-16-30-61(54)70(50-23-9-3-10-24-50)62-31-17-14-28-55(62)66/h1-43H. The van der Waals surface area contributed by atoms with Crippen LogP contribution < -0.4 is 4.90 Å². The van der Waals surface area contributed by atoms with Crippen LogP contribution in [-0.4, -0.2) is 19.5 Å². The Hall–Kier alpha value is -9.45. The second-order valence-electron chi connectivity index (χ2n) is 18.3. The first-order valence-electron chi connectivity index (χ1n) is 24.2. The number of para-hydroxylation sites is 6. The summed E-state index contributed by atoms with van der Waals surface area (Å²) in [5, 5.41) is 0. The first-order valence-corrected chi connectivity index (χ1v) is 24.2. The normalized spacial score (nSPS) is 12.9. The fraction of sp³-hybridized carbons (Fsp3) is 0.0152. The van der Waals surface area contributed by atoms with Gasteiger partial charge in [0.25, 0.3) is 0 Å². The van der Waals surface area contributed by atoms with Crippen molar-refractivity contribution in [1.29, 1.82) is 0 Å². The molecule has 0 N–H and O–H groups in total. The number of imidazole rings is 1. The first-order chi connectivity index (χ1) is 35.2. The molecule has 12 aromatic rings. The van der Waals surface area contributed by atoms with Crippen molar-refractivity contribution in [2.24, 2.45) is 0 Å². The lowest BCUT2D eigenvalue weighted by Crippen LogP contribution is -2.36. The Labute approximate surface area is 412 Å². The molecule has 14 rings (SSSR count). The second kappa shape index (κ2) is 16.4. The molecule has 0 unspecified atom stereocenters. The Morgan fingerprint density at radius 1 is 0.310 bits per heavy atom. The van der Waals surface area contributed by atoms with E-state index in [2.05, 4.69) is 258 Å². The van der Waals surface area contributed by atoms with Crippen molar-refractivity contribution in [3.05, 3.63) is 283 Å². The lowest BCUT2D eigenvalue weighted by atomic mass is 9.64. The van der Waals surface area contributed by atoms with E-state index in [1.807, 2.05) is 12.1 Å². The van der Waals surface area contributed by atoms with Crippen LogP contribution in [0.3, 0.4) is 0 Å². The molecule has 0 amide bonds. The molecule has 1 aliphatic heterocycles. The van der Waals surface area contributed by atoms with Gasteiger partial charge in [-0.25, -0.2) is 15.0 Å². The number of nitrogens with zero attached hydrogens (tertiary/aromatic N) is 5. The zero-order chi connectivity index (χ0) is 46.9. The minimum Gasteiger partial charge on any atom is -0.310 e. The van der Waals surface area contributed by atoms with Gasteiger partial charge < -0.3 is 4.90 Å². The maximum Gasteiger partial charge on any atom is 0.160 e. The fourth-order valence-electron chi connectivity index (χ4n) is 11.3. The van der Waals surface area contributed by atoms with Gasteiger partial charge in [0.1, 0.15) is 5.82 Å². The van der Waals surface area contributed by atoms with E-state index in [-0.39, 0.29) is 0 Å². The van der Waals surface area contributed by atoms with Crippen molar-refractivity contribution in [3.8, 4) is 73.2 Å². The van der Waals surface area contributed by atoms with Crippen LogP contribution in [0.5, 0.6) is 0 Å². The van der Waals surface area contributed by atoms with Crippen LogP contribution >= 0.6 is 0 Å². The van der Waals surface area contributed by atoms with E-state index >= 15 is 0 Å². The highest BCUT2D eigenvalue weighted by Gasteiger charge is 2.52. The molecule has 0 atom stereocenters. The Morgan fingerprint density at radius 2 is 0.775 bits per heavy atom. The van der Waals surface area contributed by atoms with Gasteiger partial charge in [0.2, 0.25) is 0 Å². The molecule has 71 heavy (non-hydrogen) atoms. The monoisotopic (exact) mass is 905 g/mol. The number of anilines is 3. The van der Waals surface area contributed by atoms with Gasteiger partial charge in [-0.05, 0) is 111 Å². The van der Waals surface area contributed by atoms with Crippen molar-refractivity contribution >= 4 is 28.1 Å². The van der Waals surface area contributed by atoms with Gasteiger partial charge in [-0.15, -0.1) is 0 Å². The summed E-state index contributed by atoms with van der Waals surface area (Å²) < 4.78 is 2.26. The molecule has 0 radical (unpaired) electrons. The largest absolute Gasteiger partial charge is 0.310 e. The molecule has 0 bridgehead atoms. The Kier molecular flexibility index (Phi) is 9.36. The lowest BCUT2D eigenvalue weighted by Gasteiger charge is -2.45. The highest BCUT2D eigenvalue weighted by molar-refractivity contribution is 5.97. The molecule has 1 aliphatic carbocycles. The van der Waals surface area contributed by atoms with Gasteiger partial charge >= 0.3 is 0 Å². The zero-order valence-corrected chi connectivity index (χ0v) is 38.6. The van der Waals surface area contributed by atoms with Crippen LogP contribution in [0.1, 0.15) is 22.3 Å². The van der Waals surface area contributed by atoms with E-state index in [0.717, 1.165) is 84.4 Å². The highest BCUT2D eigenvalue weighted by Crippen LogP contribution is 2.64. The average Bonchev–Trinajstić information content (AvgIpc) is 3.98. The summed E-state index contributed by atoms with van der Waals surface area (Å²) in [6.07, 6.45) is 0. The molecular weight excluding hydrogens is 863 g/mol. The molecule has 0 saturated carbocycles. The number of rotatable bonds is 7. The molecule has 1 spiro atoms. The zero-order valence-electron chi connectivity index (χ0n) is 38.6. The molecule has 0 fully saturated rings. The summed E-state index contributed by atoms with van der Waals surface area (Å²) in [4.78, 5) is 18.3. The molecule has 0 saturated heterocycles. The van der Waals surface area contributed by atoms with Gasteiger partial charge in [-0.1, -0.05) is 194 Å². The van der Waals surface area contributed by atoms with Crippen molar-refractivity contribution < 1.29 is 0 Å². The molecule has 2 aromatic heterocycles. The average molecular weight is 906 g/mol. The number of benzene rings is 10. The summed E-state index contributed by atoms with van der Waals surface area (Å²) in [6, 6.07) is 93.5. The van der Waals surface area contributed by atoms with E-state index < -0.39 is 5.41 Å². The van der Waals surface area contributed by atoms with Crippen molar-refractivity contribution in [2.75, 3.05) is 4.90 Å². The van der Waals surface area contributed by atoms with Gasteiger partial charge in [0, 0.05) is 33.6 Å². The molecule has 2 aliphatic rings. The third-order valence-corrected chi connectivity index (χ3v) is 14.4. The van der Waals surface area contributed by atoms with Gasteiger partial charge in [-0.2, -0.15) is 0 Å². The first kappa shape index (κ1) is 40.6. The lowest BCUT2D eigenvalue weighted by molar-refractivity contribution is 0.753. The number of aromatic nitrogens is 4. The molecule has 332 valence electrons. The second-order valence-corrected chi connectivity index (χ2v) is 18.3.